The molecule has 0 aliphatic carbocycles. The topological polar surface area (TPSA) is 18.5 Å². The quantitative estimate of drug-likeness (QED) is 0.779. The zero-order valence-electron chi connectivity index (χ0n) is 11.2. The van der Waals surface area contributed by atoms with Crippen LogP contribution in [0, 0.1) is 5.82 Å². The Hall–Kier alpha value is -1.39. The van der Waals surface area contributed by atoms with E-state index < -0.39 is 0 Å². The van der Waals surface area contributed by atoms with Gasteiger partial charge in [-0.1, -0.05) is 34.1 Å². The predicted octanol–water partition coefficient (Wildman–Crippen LogP) is 4.36. The molecule has 0 bridgehead atoms. The molecule has 2 nitrogen and oxygen atoms in total. The van der Waals surface area contributed by atoms with Crippen LogP contribution in [0.1, 0.15) is 11.1 Å². The van der Waals surface area contributed by atoms with Crippen LogP contribution < -0.4 is 4.74 Å². The van der Waals surface area contributed by atoms with E-state index in [1.54, 1.807) is 19.2 Å². The van der Waals surface area contributed by atoms with Crippen LogP contribution in [-0.2, 0) is 17.8 Å². The molecule has 0 saturated carbocycles. The standard InChI is InChI=1S/C16H16BrFO2/c1-19-9-8-12-2-6-15(7-3-12)20-11-13-4-5-14(17)10-16(13)18/h2-7,10H,8-9,11H2,1H3. The molecule has 20 heavy (non-hydrogen) atoms. The van der Waals surface area contributed by atoms with Crippen molar-refractivity contribution in [2.45, 2.75) is 13.0 Å². The minimum atomic E-state index is -0.268. The van der Waals surface area contributed by atoms with E-state index in [2.05, 4.69) is 15.9 Å². The van der Waals surface area contributed by atoms with Crippen molar-refractivity contribution < 1.29 is 13.9 Å². The van der Waals surface area contributed by atoms with Gasteiger partial charge < -0.3 is 9.47 Å². The Morgan fingerprint density at radius 2 is 1.85 bits per heavy atom. The number of benzene rings is 2. The first-order chi connectivity index (χ1) is 9.69. The second-order valence-electron chi connectivity index (χ2n) is 4.41. The second kappa shape index (κ2) is 7.41. The number of rotatable bonds is 6. The summed E-state index contributed by atoms with van der Waals surface area (Å²) in [5.74, 6) is 0.463. The molecule has 0 aromatic heterocycles. The molecule has 0 aliphatic heterocycles. The van der Waals surface area contributed by atoms with Gasteiger partial charge in [0.25, 0.3) is 0 Å². The normalized spacial score (nSPS) is 10.6. The third-order valence-corrected chi connectivity index (χ3v) is 3.42. The summed E-state index contributed by atoms with van der Waals surface area (Å²) in [4.78, 5) is 0. The molecule has 0 unspecified atom stereocenters. The molecule has 0 atom stereocenters. The smallest absolute Gasteiger partial charge is 0.130 e. The minimum absolute atomic E-state index is 0.219. The lowest BCUT2D eigenvalue weighted by molar-refractivity contribution is 0.202. The van der Waals surface area contributed by atoms with E-state index in [1.165, 1.54) is 11.6 Å². The summed E-state index contributed by atoms with van der Waals surface area (Å²) in [7, 11) is 1.68. The summed E-state index contributed by atoms with van der Waals surface area (Å²) in [6, 6.07) is 12.7. The van der Waals surface area contributed by atoms with Crippen LogP contribution >= 0.6 is 15.9 Å². The van der Waals surface area contributed by atoms with Crippen LogP contribution in [0.15, 0.2) is 46.9 Å². The van der Waals surface area contributed by atoms with E-state index in [-0.39, 0.29) is 12.4 Å². The van der Waals surface area contributed by atoms with Crippen molar-refractivity contribution in [1.29, 1.82) is 0 Å². The molecule has 0 amide bonds. The zero-order valence-corrected chi connectivity index (χ0v) is 12.8. The van der Waals surface area contributed by atoms with Gasteiger partial charge in [-0.05, 0) is 36.2 Å². The molecule has 2 aromatic rings. The lowest BCUT2D eigenvalue weighted by atomic mass is 10.1. The van der Waals surface area contributed by atoms with Gasteiger partial charge in [-0.25, -0.2) is 4.39 Å². The van der Waals surface area contributed by atoms with Gasteiger partial charge in [0.2, 0.25) is 0 Å². The van der Waals surface area contributed by atoms with Crippen molar-refractivity contribution >= 4 is 15.9 Å². The lowest BCUT2D eigenvalue weighted by Crippen LogP contribution is -1.99. The maximum Gasteiger partial charge on any atom is 0.130 e. The second-order valence-corrected chi connectivity index (χ2v) is 5.33. The summed E-state index contributed by atoms with van der Waals surface area (Å²) < 4.78 is 25.0. The highest BCUT2D eigenvalue weighted by Gasteiger charge is 2.04. The Morgan fingerprint density at radius 3 is 2.50 bits per heavy atom. The highest BCUT2D eigenvalue weighted by atomic mass is 79.9. The van der Waals surface area contributed by atoms with Crippen molar-refractivity contribution in [2.24, 2.45) is 0 Å². The number of methoxy groups -OCH3 is 1. The van der Waals surface area contributed by atoms with Crippen LogP contribution in [0.4, 0.5) is 4.39 Å². The van der Waals surface area contributed by atoms with Gasteiger partial charge in [0, 0.05) is 17.1 Å². The molecule has 4 heteroatoms. The van der Waals surface area contributed by atoms with E-state index in [1.807, 2.05) is 24.3 Å². The average molecular weight is 339 g/mol. The van der Waals surface area contributed by atoms with Crippen LogP contribution in [0.2, 0.25) is 0 Å². The van der Waals surface area contributed by atoms with E-state index in [0.29, 0.717) is 12.2 Å². The van der Waals surface area contributed by atoms with Gasteiger partial charge in [-0.3, -0.25) is 0 Å². The molecular weight excluding hydrogens is 323 g/mol. The summed E-state index contributed by atoms with van der Waals surface area (Å²) in [6.07, 6.45) is 0.873. The van der Waals surface area contributed by atoms with Gasteiger partial charge in [0.05, 0.1) is 6.61 Å². The van der Waals surface area contributed by atoms with Crippen LogP contribution in [0.5, 0.6) is 5.75 Å². The van der Waals surface area contributed by atoms with Gasteiger partial charge >= 0.3 is 0 Å². The van der Waals surface area contributed by atoms with Crippen molar-refractivity contribution in [3.8, 4) is 5.75 Å². The van der Waals surface area contributed by atoms with Crippen molar-refractivity contribution in [2.75, 3.05) is 13.7 Å². The molecule has 0 saturated heterocycles. The third kappa shape index (κ3) is 4.32. The van der Waals surface area contributed by atoms with Gasteiger partial charge in [-0.15, -0.1) is 0 Å². The molecule has 0 N–H and O–H groups in total. The highest BCUT2D eigenvalue weighted by Crippen LogP contribution is 2.18. The SMILES string of the molecule is COCCc1ccc(OCc2ccc(Br)cc2F)cc1. The van der Waals surface area contributed by atoms with E-state index in [0.717, 1.165) is 16.6 Å². The summed E-state index contributed by atoms with van der Waals surface area (Å²) in [5.41, 5.74) is 1.73. The Labute approximate surface area is 126 Å². The fourth-order valence-electron chi connectivity index (χ4n) is 1.77. The monoisotopic (exact) mass is 338 g/mol. The number of hydrogen-bond acceptors (Lipinski definition) is 2. The Kier molecular flexibility index (Phi) is 5.56. The summed E-state index contributed by atoms with van der Waals surface area (Å²) in [6.45, 7) is 0.917. The first-order valence-corrected chi connectivity index (χ1v) is 7.13. The average Bonchev–Trinajstić information content (AvgIpc) is 2.45. The number of ether oxygens (including phenoxy) is 2. The molecule has 0 radical (unpaired) electrons. The molecular formula is C16H16BrFO2. The zero-order chi connectivity index (χ0) is 14.4. The maximum absolute atomic E-state index is 13.6. The molecule has 0 spiro atoms. The van der Waals surface area contributed by atoms with Crippen LogP contribution in [0.3, 0.4) is 0 Å². The van der Waals surface area contributed by atoms with E-state index in [9.17, 15) is 4.39 Å². The number of hydrogen-bond donors (Lipinski definition) is 0. The van der Waals surface area contributed by atoms with Gasteiger partial charge in [0.15, 0.2) is 0 Å². The Bertz CT molecular complexity index is 555. The van der Waals surface area contributed by atoms with Crippen molar-refractivity contribution in [1.82, 2.24) is 0 Å². The van der Waals surface area contributed by atoms with Crippen molar-refractivity contribution in [3.05, 3.63) is 63.9 Å². The molecule has 0 fully saturated rings. The molecule has 106 valence electrons. The Balaban J connectivity index is 1.93. The van der Waals surface area contributed by atoms with Crippen LogP contribution in [0.25, 0.3) is 0 Å². The molecule has 0 heterocycles. The first-order valence-electron chi connectivity index (χ1n) is 6.33. The summed E-state index contributed by atoms with van der Waals surface area (Å²) in [5, 5.41) is 0. The first kappa shape index (κ1) is 15.0. The fraction of sp³-hybridized carbons (Fsp3) is 0.250. The Morgan fingerprint density at radius 1 is 1.10 bits per heavy atom. The highest BCUT2D eigenvalue weighted by molar-refractivity contribution is 9.10. The van der Waals surface area contributed by atoms with E-state index >= 15 is 0 Å². The summed E-state index contributed by atoms with van der Waals surface area (Å²) >= 11 is 3.23. The molecule has 0 aliphatic rings. The largest absolute Gasteiger partial charge is 0.489 e. The maximum atomic E-state index is 13.6. The third-order valence-electron chi connectivity index (χ3n) is 2.93. The number of halogens is 2. The van der Waals surface area contributed by atoms with Crippen LogP contribution in [-0.4, -0.2) is 13.7 Å². The van der Waals surface area contributed by atoms with Gasteiger partial charge in [-0.2, -0.15) is 0 Å². The van der Waals surface area contributed by atoms with Gasteiger partial charge in [0.1, 0.15) is 18.2 Å². The van der Waals surface area contributed by atoms with Crippen molar-refractivity contribution in [3.63, 3.8) is 0 Å². The predicted molar refractivity (Wildman–Crippen MR) is 80.5 cm³/mol. The fourth-order valence-corrected chi connectivity index (χ4v) is 2.11. The molecule has 2 rings (SSSR count). The van der Waals surface area contributed by atoms with E-state index in [4.69, 9.17) is 9.47 Å². The lowest BCUT2D eigenvalue weighted by Gasteiger charge is -2.08. The minimum Gasteiger partial charge on any atom is -0.489 e. The molecule has 2 aromatic carbocycles.